The number of nitrogens with one attached hydrogen (secondary N) is 1. The molecule has 1 aromatic heterocycles. The maximum absolute atomic E-state index is 10.1. The Balaban J connectivity index is 1.83. The molecule has 0 fully saturated rings. The van der Waals surface area contributed by atoms with Crippen LogP contribution in [0.2, 0.25) is 0 Å². The molecule has 1 heterocycles. The summed E-state index contributed by atoms with van der Waals surface area (Å²) in [4.78, 5) is 4.28. The number of ether oxygens (including phenoxy) is 1. The highest BCUT2D eigenvalue weighted by atomic mass is 16.5. The Bertz CT molecular complexity index is 529. The Morgan fingerprint density at radius 3 is 2.55 bits per heavy atom. The molecule has 0 spiro atoms. The number of hydrogen-bond acceptors (Lipinski definition) is 5. The van der Waals surface area contributed by atoms with E-state index in [-0.39, 0.29) is 0 Å². The van der Waals surface area contributed by atoms with Crippen LogP contribution in [0.1, 0.15) is 29.0 Å². The van der Waals surface area contributed by atoms with Crippen molar-refractivity contribution in [1.82, 2.24) is 10.3 Å². The lowest BCUT2D eigenvalue weighted by atomic mass is 10.1. The fraction of sp³-hybridized carbons (Fsp3) is 0.400. The molecule has 108 valence electrons. The van der Waals surface area contributed by atoms with E-state index in [2.05, 4.69) is 10.3 Å². The molecule has 20 heavy (non-hydrogen) atoms. The van der Waals surface area contributed by atoms with Gasteiger partial charge in [0.2, 0.25) is 5.89 Å². The van der Waals surface area contributed by atoms with Crippen LogP contribution in [-0.2, 0) is 6.54 Å². The third kappa shape index (κ3) is 3.59. The summed E-state index contributed by atoms with van der Waals surface area (Å²) in [5, 5.41) is 13.2. The minimum Gasteiger partial charge on any atom is -0.497 e. The Labute approximate surface area is 118 Å². The normalized spacial score (nSPS) is 12.4. The van der Waals surface area contributed by atoms with Gasteiger partial charge in [0.1, 0.15) is 11.5 Å². The molecule has 5 heteroatoms. The number of aliphatic hydroxyl groups is 1. The lowest BCUT2D eigenvalue weighted by molar-refractivity contribution is 0.173. The average Bonchev–Trinajstić information content (AvgIpc) is 2.77. The van der Waals surface area contributed by atoms with Crippen molar-refractivity contribution in [1.29, 1.82) is 0 Å². The third-order valence-corrected chi connectivity index (χ3v) is 3.19. The van der Waals surface area contributed by atoms with Crippen LogP contribution in [0.3, 0.4) is 0 Å². The summed E-state index contributed by atoms with van der Waals surface area (Å²) in [6.07, 6.45) is -0.571. The fourth-order valence-corrected chi connectivity index (χ4v) is 1.87. The Morgan fingerprint density at radius 1 is 1.30 bits per heavy atom. The number of hydrogen-bond donors (Lipinski definition) is 2. The van der Waals surface area contributed by atoms with Gasteiger partial charge in [-0.05, 0) is 31.5 Å². The van der Waals surface area contributed by atoms with Crippen LogP contribution in [0, 0.1) is 13.8 Å². The summed E-state index contributed by atoms with van der Waals surface area (Å²) in [7, 11) is 1.62. The number of aromatic nitrogens is 1. The van der Waals surface area contributed by atoms with E-state index in [0.29, 0.717) is 19.0 Å². The van der Waals surface area contributed by atoms with Crippen molar-refractivity contribution < 1.29 is 14.3 Å². The Hall–Kier alpha value is -1.85. The van der Waals surface area contributed by atoms with E-state index in [4.69, 9.17) is 9.15 Å². The lowest BCUT2D eigenvalue weighted by Crippen LogP contribution is -2.21. The molecule has 0 bridgehead atoms. The van der Waals surface area contributed by atoms with Crippen molar-refractivity contribution >= 4 is 0 Å². The molecule has 0 aliphatic carbocycles. The highest BCUT2D eigenvalue weighted by Crippen LogP contribution is 2.17. The van der Waals surface area contributed by atoms with Crippen molar-refractivity contribution in [3.05, 3.63) is 47.2 Å². The zero-order valence-corrected chi connectivity index (χ0v) is 12.0. The van der Waals surface area contributed by atoms with Gasteiger partial charge in [-0.25, -0.2) is 4.98 Å². The largest absolute Gasteiger partial charge is 0.497 e. The van der Waals surface area contributed by atoms with E-state index in [1.165, 1.54) is 0 Å². The van der Waals surface area contributed by atoms with Crippen LogP contribution in [0.15, 0.2) is 28.7 Å². The quantitative estimate of drug-likeness (QED) is 0.846. The van der Waals surface area contributed by atoms with Gasteiger partial charge in [-0.1, -0.05) is 12.1 Å². The van der Waals surface area contributed by atoms with E-state index in [9.17, 15) is 5.11 Å². The monoisotopic (exact) mass is 276 g/mol. The second kappa shape index (κ2) is 6.54. The molecule has 0 saturated heterocycles. The van der Waals surface area contributed by atoms with E-state index in [1.54, 1.807) is 7.11 Å². The standard InChI is InChI=1S/C15H20N2O3/c1-10-11(2)20-15(17-10)9-16-8-14(18)12-4-6-13(19-3)7-5-12/h4-7,14,16,18H,8-9H2,1-3H3. The van der Waals surface area contributed by atoms with Gasteiger partial charge >= 0.3 is 0 Å². The predicted octanol–water partition coefficient (Wildman–Crippen LogP) is 2.12. The first-order valence-corrected chi connectivity index (χ1v) is 6.55. The fourth-order valence-electron chi connectivity index (χ4n) is 1.87. The molecule has 1 atom stereocenters. The van der Waals surface area contributed by atoms with Crippen LogP contribution in [0.4, 0.5) is 0 Å². The topological polar surface area (TPSA) is 67.5 Å². The Morgan fingerprint density at radius 2 is 2.00 bits per heavy atom. The number of benzene rings is 1. The van der Waals surface area contributed by atoms with Crippen molar-refractivity contribution in [3.8, 4) is 5.75 Å². The van der Waals surface area contributed by atoms with Gasteiger partial charge in [0.25, 0.3) is 0 Å². The van der Waals surface area contributed by atoms with Gasteiger partial charge in [0, 0.05) is 6.54 Å². The summed E-state index contributed by atoms with van der Waals surface area (Å²) in [6.45, 7) is 4.74. The maximum atomic E-state index is 10.1. The summed E-state index contributed by atoms with van der Waals surface area (Å²) in [5.74, 6) is 2.25. The second-order valence-electron chi connectivity index (χ2n) is 4.67. The number of methoxy groups -OCH3 is 1. The highest BCUT2D eigenvalue weighted by Gasteiger charge is 2.09. The molecule has 0 saturated carbocycles. The first-order valence-electron chi connectivity index (χ1n) is 6.55. The zero-order chi connectivity index (χ0) is 14.5. The molecular formula is C15H20N2O3. The number of nitrogens with zero attached hydrogens (tertiary/aromatic N) is 1. The van der Waals surface area contributed by atoms with E-state index < -0.39 is 6.10 Å². The van der Waals surface area contributed by atoms with Gasteiger partial charge in [0.05, 0.1) is 25.5 Å². The minimum absolute atomic E-state index is 0.437. The second-order valence-corrected chi connectivity index (χ2v) is 4.67. The van der Waals surface area contributed by atoms with Crippen LogP contribution in [0.25, 0.3) is 0 Å². The molecular weight excluding hydrogens is 256 g/mol. The molecule has 0 radical (unpaired) electrons. The van der Waals surface area contributed by atoms with Crippen molar-refractivity contribution in [2.45, 2.75) is 26.5 Å². The molecule has 2 N–H and O–H groups in total. The average molecular weight is 276 g/mol. The number of rotatable bonds is 6. The lowest BCUT2D eigenvalue weighted by Gasteiger charge is -2.11. The van der Waals surface area contributed by atoms with Crippen molar-refractivity contribution in [2.24, 2.45) is 0 Å². The molecule has 0 aliphatic rings. The minimum atomic E-state index is -0.571. The van der Waals surface area contributed by atoms with Gasteiger partial charge in [0.15, 0.2) is 0 Å². The summed E-state index contributed by atoms with van der Waals surface area (Å²) in [6, 6.07) is 7.37. The number of aryl methyl sites for hydroxylation is 2. The van der Waals surface area contributed by atoms with Crippen molar-refractivity contribution in [2.75, 3.05) is 13.7 Å². The molecule has 1 aromatic carbocycles. The summed E-state index contributed by atoms with van der Waals surface area (Å²) in [5.41, 5.74) is 1.75. The van der Waals surface area contributed by atoms with Gasteiger partial charge in [-0.3, -0.25) is 0 Å². The molecule has 2 rings (SSSR count). The summed E-state index contributed by atoms with van der Waals surface area (Å²) < 4.78 is 10.5. The molecule has 5 nitrogen and oxygen atoms in total. The third-order valence-electron chi connectivity index (χ3n) is 3.19. The first kappa shape index (κ1) is 14.6. The maximum Gasteiger partial charge on any atom is 0.208 e. The van der Waals surface area contributed by atoms with Gasteiger partial charge in [-0.15, -0.1) is 0 Å². The predicted molar refractivity (Wildman–Crippen MR) is 75.6 cm³/mol. The van der Waals surface area contributed by atoms with E-state index in [1.807, 2.05) is 38.1 Å². The summed E-state index contributed by atoms with van der Waals surface area (Å²) >= 11 is 0. The zero-order valence-electron chi connectivity index (χ0n) is 12.0. The smallest absolute Gasteiger partial charge is 0.208 e. The van der Waals surface area contributed by atoms with Crippen LogP contribution in [0.5, 0.6) is 5.75 Å². The van der Waals surface area contributed by atoms with Crippen LogP contribution in [-0.4, -0.2) is 23.7 Å². The van der Waals surface area contributed by atoms with E-state index >= 15 is 0 Å². The first-order chi connectivity index (χ1) is 9.60. The molecule has 1 unspecified atom stereocenters. The highest BCUT2D eigenvalue weighted by molar-refractivity contribution is 5.28. The van der Waals surface area contributed by atoms with Crippen LogP contribution < -0.4 is 10.1 Å². The van der Waals surface area contributed by atoms with Gasteiger partial charge in [-0.2, -0.15) is 0 Å². The van der Waals surface area contributed by atoms with Crippen molar-refractivity contribution in [3.63, 3.8) is 0 Å². The Kier molecular flexibility index (Phi) is 4.76. The van der Waals surface area contributed by atoms with Gasteiger partial charge < -0.3 is 19.6 Å². The number of oxazole rings is 1. The molecule has 2 aromatic rings. The SMILES string of the molecule is COc1ccc(C(O)CNCc2nc(C)c(C)o2)cc1. The molecule has 0 aliphatic heterocycles. The van der Waals surface area contributed by atoms with Crippen LogP contribution >= 0.6 is 0 Å². The van der Waals surface area contributed by atoms with E-state index in [0.717, 1.165) is 22.8 Å². The number of aliphatic hydroxyl groups excluding tert-OH is 1. The molecule has 0 amide bonds.